The van der Waals surface area contributed by atoms with Crippen LogP contribution in [0.5, 0.6) is 0 Å². The van der Waals surface area contributed by atoms with Crippen LogP contribution in [0.1, 0.15) is 46.0 Å². The van der Waals surface area contributed by atoms with Crippen LogP contribution in [0, 0.1) is 11.8 Å². The van der Waals surface area contributed by atoms with Gasteiger partial charge in [0.15, 0.2) is 0 Å². The Labute approximate surface area is 112 Å². The Morgan fingerprint density at radius 3 is 2.22 bits per heavy atom. The van der Waals surface area contributed by atoms with Crippen LogP contribution < -0.4 is 10.0 Å². The maximum absolute atomic E-state index is 11.7. The summed E-state index contributed by atoms with van der Waals surface area (Å²) in [7, 11) is -3.08. The van der Waals surface area contributed by atoms with Crippen molar-refractivity contribution in [1.29, 1.82) is 0 Å². The van der Waals surface area contributed by atoms with Gasteiger partial charge in [-0.3, -0.25) is 0 Å². The van der Waals surface area contributed by atoms with Crippen LogP contribution in [-0.2, 0) is 10.0 Å². The van der Waals surface area contributed by atoms with Crippen molar-refractivity contribution in [3.63, 3.8) is 0 Å². The summed E-state index contributed by atoms with van der Waals surface area (Å²) in [5.41, 5.74) is 0. The van der Waals surface area contributed by atoms with Gasteiger partial charge in [0.25, 0.3) is 0 Å². The zero-order chi connectivity index (χ0) is 13.4. The molecular formula is C13H28N2O2S. The molecule has 0 bridgehead atoms. The van der Waals surface area contributed by atoms with E-state index in [1.54, 1.807) is 0 Å². The average molecular weight is 276 g/mol. The van der Waals surface area contributed by atoms with Crippen molar-refractivity contribution in [2.24, 2.45) is 11.8 Å². The van der Waals surface area contributed by atoms with Crippen LogP contribution in [0.25, 0.3) is 0 Å². The lowest BCUT2D eigenvalue weighted by atomic mass is 9.81. The lowest BCUT2D eigenvalue weighted by Crippen LogP contribution is -2.35. The summed E-state index contributed by atoms with van der Waals surface area (Å²) in [5, 5.41) is 3.04. The van der Waals surface area contributed by atoms with Gasteiger partial charge in [0.2, 0.25) is 10.0 Å². The Bertz CT molecular complexity index is 309. The van der Waals surface area contributed by atoms with Crippen molar-refractivity contribution in [2.45, 2.75) is 46.0 Å². The molecule has 0 unspecified atom stereocenters. The highest BCUT2D eigenvalue weighted by atomic mass is 32.2. The topological polar surface area (TPSA) is 58.2 Å². The third-order valence-corrected chi connectivity index (χ3v) is 5.28. The molecule has 4 nitrogen and oxygen atoms in total. The van der Waals surface area contributed by atoms with Gasteiger partial charge in [0, 0.05) is 13.1 Å². The molecule has 108 valence electrons. The van der Waals surface area contributed by atoms with Crippen molar-refractivity contribution in [3.8, 4) is 0 Å². The summed E-state index contributed by atoms with van der Waals surface area (Å²) in [5.74, 6) is 1.60. The van der Waals surface area contributed by atoms with Crippen LogP contribution in [0.15, 0.2) is 0 Å². The molecule has 1 saturated carbocycles. The Morgan fingerprint density at radius 1 is 1.06 bits per heavy atom. The van der Waals surface area contributed by atoms with Crippen molar-refractivity contribution in [2.75, 3.05) is 25.4 Å². The van der Waals surface area contributed by atoms with E-state index in [9.17, 15) is 8.42 Å². The minimum atomic E-state index is -3.08. The lowest BCUT2D eigenvalue weighted by Gasteiger charge is -2.27. The summed E-state index contributed by atoms with van der Waals surface area (Å²) in [6.45, 7) is 6.20. The van der Waals surface area contributed by atoms with E-state index in [0.717, 1.165) is 12.5 Å². The Kier molecular flexibility index (Phi) is 7.19. The lowest BCUT2D eigenvalue weighted by molar-refractivity contribution is 0.270. The Balaban J connectivity index is 2.20. The fourth-order valence-electron chi connectivity index (χ4n) is 2.54. The molecule has 1 aliphatic carbocycles. The summed E-state index contributed by atoms with van der Waals surface area (Å²) in [6.07, 6.45) is 6.14. The normalized spacial score (nSPS) is 25.2. The zero-order valence-electron chi connectivity index (χ0n) is 11.7. The van der Waals surface area contributed by atoms with Crippen LogP contribution >= 0.6 is 0 Å². The van der Waals surface area contributed by atoms with Gasteiger partial charge < -0.3 is 5.32 Å². The number of nitrogens with one attached hydrogen (secondary N) is 2. The van der Waals surface area contributed by atoms with Gasteiger partial charge in [0.1, 0.15) is 0 Å². The SMILES string of the molecule is CCNCCS(=O)(=O)NCC1CCC(CC)CC1. The third-order valence-electron chi connectivity index (χ3n) is 3.93. The van der Waals surface area contributed by atoms with Crippen LogP contribution in [0.3, 0.4) is 0 Å². The average Bonchev–Trinajstić information content (AvgIpc) is 2.37. The van der Waals surface area contributed by atoms with E-state index < -0.39 is 10.0 Å². The second kappa shape index (κ2) is 8.12. The van der Waals surface area contributed by atoms with E-state index in [1.165, 1.54) is 32.1 Å². The zero-order valence-corrected chi connectivity index (χ0v) is 12.6. The smallest absolute Gasteiger partial charge is 0.212 e. The number of hydrogen-bond acceptors (Lipinski definition) is 3. The first-order valence-electron chi connectivity index (χ1n) is 7.25. The molecule has 18 heavy (non-hydrogen) atoms. The van der Waals surface area contributed by atoms with Crippen LogP contribution in [-0.4, -0.2) is 33.8 Å². The summed E-state index contributed by atoms with van der Waals surface area (Å²) >= 11 is 0. The van der Waals surface area contributed by atoms with Gasteiger partial charge in [-0.15, -0.1) is 0 Å². The van der Waals surface area contributed by atoms with Gasteiger partial charge in [-0.25, -0.2) is 13.1 Å². The second-order valence-corrected chi connectivity index (χ2v) is 7.24. The Morgan fingerprint density at radius 2 is 1.67 bits per heavy atom. The molecule has 5 heteroatoms. The van der Waals surface area contributed by atoms with E-state index >= 15 is 0 Å². The summed E-state index contributed by atoms with van der Waals surface area (Å²) in [4.78, 5) is 0. The quantitative estimate of drug-likeness (QED) is 0.664. The first-order chi connectivity index (χ1) is 8.57. The number of rotatable bonds is 8. The molecular weight excluding hydrogens is 248 g/mol. The molecule has 0 atom stereocenters. The molecule has 0 aliphatic heterocycles. The molecule has 0 aromatic carbocycles. The van der Waals surface area contributed by atoms with Crippen molar-refractivity contribution < 1.29 is 8.42 Å². The highest BCUT2D eigenvalue weighted by molar-refractivity contribution is 7.89. The molecule has 1 aliphatic rings. The summed E-state index contributed by atoms with van der Waals surface area (Å²) in [6, 6.07) is 0. The van der Waals surface area contributed by atoms with E-state index in [0.29, 0.717) is 19.0 Å². The second-order valence-electron chi connectivity index (χ2n) is 5.32. The van der Waals surface area contributed by atoms with Gasteiger partial charge in [0.05, 0.1) is 5.75 Å². The first-order valence-corrected chi connectivity index (χ1v) is 8.90. The maximum Gasteiger partial charge on any atom is 0.212 e. The number of sulfonamides is 1. The van der Waals surface area contributed by atoms with Gasteiger partial charge >= 0.3 is 0 Å². The highest BCUT2D eigenvalue weighted by Gasteiger charge is 2.21. The third kappa shape index (κ3) is 6.16. The number of hydrogen-bond donors (Lipinski definition) is 2. The fraction of sp³-hybridized carbons (Fsp3) is 1.00. The summed E-state index contributed by atoms with van der Waals surface area (Å²) < 4.78 is 26.2. The van der Waals surface area contributed by atoms with Gasteiger partial charge in [-0.2, -0.15) is 0 Å². The van der Waals surface area contributed by atoms with Crippen LogP contribution in [0.4, 0.5) is 0 Å². The largest absolute Gasteiger partial charge is 0.316 e. The fourth-order valence-corrected chi connectivity index (χ4v) is 3.59. The molecule has 0 spiro atoms. The monoisotopic (exact) mass is 276 g/mol. The molecule has 0 heterocycles. The van der Waals surface area contributed by atoms with E-state index in [-0.39, 0.29) is 5.75 Å². The molecule has 0 radical (unpaired) electrons. The van der Waals surface area contributed by atoms with Crippen molar-refractivity contribution in [3.05, 3.63) is 0 Å². The molecule has 0 aromatic rings. The molecule has 0 amide bonds. The predicted molar refractivity (Wildman–Crippen MR) is 76.1 cm³/mol. The van der Waals surface area contributed by atoms with E-state index in [1.807, 2.05) is 6.92 Å². The van der Waals surface area contributed by atoms with Crippen LogP contribution in [0.2, 0.25) is 0 Å². The molecule has 1 rings (SSSR count). The van der Waals surface area contributed by atoms with Crippen molar-refractivity contribution in [1.82, 2.24) is 10.0 Å². The van der Waals surface area contributed by atoms with Gasteiger partial charge in [-0.1, -0.05) is 33.1 Å². The predicted octanol–water partition coefficient (Wildman–Crippen LogP) is 1.73. The molecule has 0 aromatic heterocycles. The standard InChI is InChI=1S/C13H28N2O2S/c1-3-12-5-7-13(8-6-12)11-15-18(16,17)10-9-14-4-2/h12-15H,3-11H2,1-2H3. The van der Waals surface area contributed by atoms with E-state index in [2.05, 4.69) is 17.0 Å². The molecule has 2 N–H and O–H groups in total. The van der Waals surface area contributed by atoms with Crippen molar-refractivity contribution >= 4 is 10.0 Å². The maximum atomic E-state index is 11.7. The first kappa shape index (κ1) is 15.9. The minimum Gasteiger partial charge on any atom is -0.316 e. The minimum absolute atomic E-state index is 0.186. The molecule has 0 saturated heterocycles. The van der Waals surface area contributed by atoms with E-state index in [4.69, 9.17) is 0 Å². The Hall–Kier alpha value is -0.130. The highest BCUT2D eigenvalue weighted by Crippen LogP contribution is 2.30. The molecule has 1 fully saturated rings. The van der Waals surface area contributed by atoms with Gasteiger partial charge in [-0.05, 0) is 31.2 Å².